The van der Waals surface area contributed by atoms with Crippen LogP contribution < -0.4 is 0 Å². The second-order valence-corrected chi connectivity index (χ2v) is 7.03. The monoisotopic (exact) mass is 381 g/mol. The first kappa shape index (κ1) is 19.7. The molecule has 0 N–H and O–H groups in total. The van der Waals surface area contributed by atoms with Crippen molar-refractivity contribution < 1.29 is 14.0 Å². The lowest BCUT2D eigenvalue weighted by atomic mass is 9.97. The number of nitrogens with zero attached hydrogens (tertiary/aromatic N) is 3. The molecule has 0 radical (unpaired) electrons. The highest BCUT2D eigenvalue weighted by molar-refractivity contribution is 6.03. The van der Waals surface area contributed by atoms with Crippen LogP contribution in [0.15, 0.2) is 53.6 Å². The van der Waals surface area contributed by atoms with E-state index in [0.29, 0.717) is 12.8 Å². The molecule has 2 aromatic rings. The molecule has 5 nitrogen and oxygen atoms in total. The Morgan fingerprint density at radius 2 is 1.79 bits per heavy atom. The summed E-state index contributed by atoms with van der Waals surface area (Å²) >= 11 is 0. The number of benzene rings is 2. The zero-order valence-corrected chi connectivity index (χ0v) is 16.4. The molecule has 2 amide bonds. The van der Waals surface area contributed by atoms with Crippen molar-refractivity contribution in [3.63, 3.8) is 0 Å². The van der Waals surface area contributed by atoms with Crippen molar-refractivity contribution in [1.82, 2.24) is 9.91 Å². The van der Waals surface area contributed by atoms with Crippen molar-refractivity contribution in [3.05, 3.63) is 71.0 Å². The summed E-state index contributed by atoms with van der Waals surface area (Å²) in [6, 6.07) is 13.8. The zero-order chi connectivity index (χ0) is 20.3. The maximum Gasteiger partial charge on any atom is 0.262 e. The van der Waals surface area contributed by atoms with Crippen LogP contribution in [-0.2, 0) is 9.59 Å². The van der Waals surface area contributed by atoms with Gasteiger partial charge in [-0.3, -0.25) is 9.59 Å². The summed E-state index contributed by atoms with van der Waals surface area (Å²) in [4.78, 5) is 26.2. The number of carbonyl (C=O) groups is 2. The van der Waals surface area contributed by atoms with Crippen molar-refractivity contribution in [2.45, 2.75) is 32.7 Å². The molecule has 1 unspecified atom stereocenters. The highest BCUT2D eigenvalue weighted by Crippen LogP contribution is 2.33. The number of amides is 2. The number of rotatable bonds is 5. The lowest BCUT2D eigenvalue weighted by molar-refractivity contribution is -0.140. The van der Waals surface area contributed by atoms with Gasteiger partial charge in [-0.2, -0.15) is 5.10 Å². The SMILES string of the molecule is CCC(=O)N(C)CC(=O)N1N=C(c2ccc(F)cc2)CC1c1ccc(C)cc1. The molecule has 2 aromatic carbocycles. The van der Waals surface area contributed by atoms with Crippen LogP contribution in [0.25, 0.3) is 0 Å². The Morgan fingerprint density at radius 1 is 1.14 bits per heavy atom. The number of halogens is 1. The van der Waals surface area contributed by atoms with E-state index in [0.717, 1.165) is 22.4 Å². The molecular formula is C22H24FN3O2. The van der Waals surface area contributed by atoms with E-state index in [-0.39, 0.29) is 30.2 Å². The molecule has 0 saturated heterocycles. The third kappa shape index (κ3) is 4.27. The summed E-state index contributed by atoms with van der Waals surface area (Å²) in [5, 5.41) is 6.01. The van der Waals surface area contributed by atoms with Crippen LogP contribution in [0, 0.1) is 12.7 Å². The quantitative estimate of drug-likeness (QED) is 0.793. The third-order valence-electron chi connectivity index (χ3n) is 4.91. The van der Waals surface area contributed by atoms with E-state index in [1.807, 2.05) is 31.2 Å². The van der Waals surface area contributed by atoms with Crippen LogP contribution in [0.2, 0.25) is 0 Å². The van der Waals surface area contributed by atoms with Crippen LogP contribution >= 0.6 is 0 Å². The molecule has 0 aliphatic carbocycles. The molecule has 0 spiro atoms. The number of aryl methyl sites for hydroxylation is 1. The van der Waals surface area contributed by atoms with Crippen molar-refractivity contribution >= 4 is 17.5 Å². The molecule has 1 heterocycles. The van der Waals surface area contributed by atoms with E-state index in [1.54, 1.807) is 26.1 Å². The van der Waals surface area contributed by atoms with Crippen LogP contribution in [0.5, 0.6) is 0 Å². The molecule has 1 aliphatic heterocycles. The van der Waals surface area contributed by atoms with E-state index < -0.39 is 0 Å². The van der Waals surface area contributed by atoms with E-state index in [1.165, 1.54) is 22.0 Å². The average molecular weight is 381 g/mol. The third-order valence-corrected chi connectivity index (χ3v) is 4.91. The Hall–Kier alpha value is -3.02. The molecule has 6 heteroatoms. The highest BCUT2D eigenvalue weighted by Gasteiger charge is 2.33. The van der Waals surface area contributed by atoms with Crippen molar-refractivity contribution in [2.24, 2.45) is 5.10 Å². The Balaban J connectivity index is 1.89. The second-order valence-electron chi connectivity index (χ2n) is 7.03. The van der Waals surface area contributed by atoms with Crippen LogP contribution in [0.1, 0.15) is 42.5 Å². The normalized spacial score (nSPS) is 16.1. The number of hydrazone groups is 1. The minimum atomic E-state index is -0.315. The number of carbonyl (C=O) groups excluding carboxylic acids is 2. The van der Waals surface area contributed by atoms with Crippen LogP contribution in [0.4, 0.5) is 4.39 Å². The maximum absolute atomic E-state index is 13.3. The first-order valence-corrected chi connectivity index (χ1v) is 9.35. The summed E-state index contributed by atoms with van der Waals surface area (Å²) in [5.41, 5.74) is 3.62. The first-order valence-electron chi connectivity index (χ1n) is 9.35. The van der Waals surface area contributed by atoms with E-state index >= 15 is 0 Å². The predicted octanol–water partition coefficient (Wildman–Crippen LogP) is 3.68. The van der Waals surface area contributed by atoms with Crippen molar-refractivity contribution in [2.75, 3.05) is 13.6 Å². The first-order chi connectivity index (χ1) is 13.4. The summed E-state index contributed by atoms with van der Waals surface area (Å²) in [7, 11) is 1.62. The molecule has 146 valence electrons. The van der Waals surface area contributed by atoms with Crippen LogP contribution in [0.3, 0.4) is 0 Å². The summed E-state index contributed by atoms with van der Waals surface area (Å²) in [6.45, 7) is 3.74. The van der Waals surface area contributed by atoms with Gasteiger partial charge in [0.2, 0.25) is 5.91 Å². The molecule has 3 rings (SSSR count). The standard InChI is InChI=1S/C22H24FN3O2/c1-4-21(27)25(3)14-22(28)26-20(17-7-5-15(2)6-8-17)13-19(24-26)16-9-11-18(23)12-10-16/h5-12,20H,4,13-14H2,1-3H3. The number of hydrogen-bond acceptors (Lipinski definition) is 3. The van der Waals surface area contributed by atoms with Crippen molar-refractivity contribution in [1.29, 1.82) is 0 Å². The van der Waals surface area contributed by atoms with E-state index in [4.69, 9.17) is 0 Å². The summed E-state index contributed by atoms with van der Waals surface area (Å²) < 4.78 is 13.3. The Morgan fingerprint density at radius 3 is 2.39 bits per heavy atom. The molecule has 1 aliphatic rings. The van der Waals surface area contributed by atoms with E-state index in [9.17, 15) is 14.0 Å². The largest absolute Gasteiger partial charge is 0.336 e. The maximum atomic E-state index is 13.3. The molecule has 0 aromatic heterocycles. The van der Waals surface area contributed by atoms with Gasteiger partial charge in [0.25, 0.3) is 5.91 Å². The van der Waals surface area contributed by atoms with Gasteiger partial charge in [0.15, 0.2) is 0 Å². The Bertz CT molecular complexity index is 891. The molecule has 0 saturated carbocycles. The summed E-state index contributed by atoms with van der Waals surface area (Å²) in [5.74, 6) is -0.653. The van der Waals surface area contributed by atoms with Crippen molar-refractivity contribution in [3.8, 4) is 0 Å². The van der Waals surface area contributed by atoms with Gasteiger partial charge in [-0.25, -0.2) is 9.40 Å². The molecule has 0 bridgehead atoms. The van der Waals surface area contributed by atoms with Gasteiger partial charge in [-0.15, -0.1) is 0 Å². The van der Waals surface area contributed by atoms with Gasteiger partial charge in [0, 0.05) is 19.9 Å². The minimum absolute atomic E-state index is 0.0325. The molecular weight excluding hydrogens is 357 g/mol. The second kappa shape index (κ2) is 8.33. The number of likely N-dealkylation sites (N-methyl/N-ethyl adjacent to an activating group) is 1. The van der Waals surface area contributed by atoms with Gasteiger partial charge >= 0.3 is 0 Å². The van der Waals surface area contributed by atoms with E-state index in [2.05, 4.69) is 5.10 Å². The fourth-order valence-corrected chi connectivity index (χ4v) is 3.24. The number of hydrogen-bond donors (Lipinski definition) is 0. The predicted molar refractivity (Wildman–Crippen MR) is 106 cm³/mol. The van der Waals surface area contributed by atoms with Gasteiger partial charge in [0.1, 0.15) is 12.4 Å². The van der Waals surface area contributed by atoms with Gasteiger partial charge in [0.05, 0.1) is 11.8 Å². The Labute approximate surface area is 164 Å². The lowest BCUT2D eigenvalue weighted by Crippen LogP contribution is -2.38. The highest BCUT2D eigenvalue weighted by atomic mass is 19.1. The van der Waals surface area contributed by atoms with Gasteiger partial charge in [-0.1, -0.05) is 48.9 Å². The fourth-order valence-electron chi connectivity index (χ4n) is 3.24. The minimum Gasteiger partial charge on any atom is -0.336 e. The topological polar surface area (TPSA) is 53.0 Å². The van der Waals surface area contributed by atoms with Crippen LogP contribution in [-0.4, -0.2) is 41.0 Å². The Kier molecular flexibility index (Phi) is 5.87. The van der Waals surface area contributed by atoms with Gasteiger partial charge < -0.3 is 4.90 Å². The molecule has 28 heavy (non-hydrogen) atoms. The summed E-state index contributed by atoms with van der Waals surface area (Å²) in [6.07, 6.45) is 0.876. The molecule has 0 fully saturated rings. The van der Waals surface area contributed by atoms with Gasteiger partial charge in [-0.05, 0) is 30.2 Å². The fraction of sp³-hybridized carbons (Fsp3) is 0.318. The zero-order valence-electron chi connectivity index (χ0n) is 16.4. The average Bonchev–Trinajstić information content (AvgIpc) is 3.14. The smallest absolute Gasteiger partial charge is 0.262 e. The molecule has 1 atom stereocenters. The lowest BCUT2D eigenvalue weighted by Gasteiger charge is -2.24.